The Hall–Kier alpha value is -2.86. The lowest BCUT2D eigenvalue weighted by molar-refractivity contribution is -0.383. The maximum Gasteiger partial charge on any atom is 0.292 e. The van der Waals surface area contributed by atoms with E-state index in [1.165, 1.54) is 23.9 Å². The van der Waals surface area contributed by atoms with Gasteiger partial charge in [-0.25, -0.2) is 0 Å². The molecule has 5 nitrogen and oxygen atoms in total. The summed E-state index contributed by atoms with van der Waals surface area (Å²) in [5, 5.41) is 15.8. The van der Waals surface area contributed by atoms with Crippen LogP contribution in [0.3, 0.4) is 0 Å². The lowest BCUT2D eigenvalue weighted by Crippen LogP contribution is -2.15. The number of hydrogen-bond acceptors (Lipinski definition) is 4. The molecule has 0 spiro atoms. The van der Waals surface area contributed by atoms with Gasteiger partial charge in [-0.3, -0.25) is 14.9 Å². The van der Waals surface area contributed by atoms with Crippen LogP contribution in [0.25, 0.3) is 10.8 Å². The molecule has 6 heteroatoms. The van der Waals surface area contributed by atoms with E-state index in [9.17, 15) is 14.9 Å². The van der Waals surface area contributed by atoms with E-state index >= 15 is 0 Å². The van der Waals surface area contributed by atoms with Crippen molar-refractivity contribution in [2.75, 3.05) is 11.1 Å². The first-order valence-corrected chi connectivity index (χ1v) is 8.27. The summed E-state index contributed by atoms with van der Waals surface area (Å²) in [7, 11) is 0. The molecule has 3 rings (SSSR count). The number of fused-ring (bicyclic) bond motifs is 1. The van der Waals surface area contributed by atoms with Gasteiger partial charge >= 0.3 is 0 Å². The number of nitrogens with one attached hydrogen (secondary N) is 1. The van der Waals surface area contributed by atoms with E-state index in [2.05, 4.69) is 5.32 Å². The molecule has 1 amide bonds. The van der Waals surface area contributed by atoms with Crippen molar-refractivity contribution >= 4 is 39.8 Å². The molecule has 3 aromatic rings. The standard InChI is InChI=1S/C18H14N2O3S/c21-18(19-16-7-3-4-8-17(16)20(22)23)12-24-15-10-9-13-5-1-2-6-14(13)11-15/h1-11H,12H2,(H,19,21). The molecule has 0 unspecified atom stereocenters. The summed E-state index contributed by atoms with van der Waals surface area (Å²) in [6.07, 6.45) is 0. The van der Waals surface area contributed by atoms with E-state index in [0.29, 0.717) is 0 Å². The van der Waals surface area contributed by atoms with Crippen LogP contribution in [0.1, 0.15) is 0 Å². The van der Waals surface area contributed by atoms with Gasteiger partial charge in [-0.05, 0) is 29.0 Å². The van der Waals surface area contributed by atoms with E-state index in [0.717, 1.165) is 15.7 Å². The number of thioether (sulfide) groups is 1. The minimum absolute atomic E-state index is 0.110. The van der Waals surface area contributed by atoms with Crippen LogP contribution in [0, 0.1) is 10.1 Å². The zero-order chi connectivity index (χ0) is 16.9. The Morgan fingerprint density at radius 2 is 1.71 bits per heavy atom. The van der Waals surface area contributed by atoms with Crippen molar-refractivity contribution in [2.45, 2.75) is 4.90 Å². The van der Waals surface area contributed by atoms with Gasteiger partial charge in [0, 0.05) is 11.0 Å². The van der Waals surface area contributed by atoms with Crippen molar-refractivity contribution in [3.8, 4) is 0 Å². The van der Waals surface area contributed by atoms with Gasteiger partial charge in [0.15, 0.2) is 0 Å². The minimum Gasteiger partial charge on any atom is -0.320 e. The van der Waals surface area contributed by atoms with Crippen molar-refractivity contribution in [1.82, 2.24) is 0 Å². The Balaban J connectivity index is 1.66. The molecular weight excluding hydrogens is 324 g/mol. The molecule has 24 heavy (non-hydrogen) atoms. The first kappa shape index (κ1) is 16.0. The summed E-state index contributed by atoms with van der Waals surface area (Å²) < 4.78 is 0. The van der Waals surface area contributed by atoms with Crippen molar-refractivity contribution in [2.24, 2.45) is 0 Å². The van der Waals surface area contributed by atoms with Gasteiger partial charge in [-0.1, -0.05) is 42.5 Å². The van der Waals surface area contributed by atoms with Gasteiger partial charge < -0.3 is 5.32 Å². The van der Waals surface area contributed by atoms with Crippen molar-refractivity contribution in [1.29, 1.82) is 0 Å². The minimum atomic E-state index is -0.508. The third-order valence-corrected chi connectivity index (χ3v) is 4.46. The molecule has 0 saturated carbocycles. The quantitative estimate of drug-likeness (QED) is 0.423. The molecule has 0 bridgehead atoms. The van der Waals surface area contributed by atoms with E-state index in [1.54, 1.807) is 12.1 Å². The SMILES string of the molecule is O=C(CSc1ccc2ccccc2c1)Nc1ccccc1[N+](=O)[O-]. The summed E-state index contributed by atoms with van der Waals surface area (Å²) >= 11 is 1.39. The van der Waals surface area contributed by atoms with Crippen LogP contribution < -0.4 is 5.32 Å². The van der Waals surface area contributed by atoms with Gasteiger partial charge in [0.1, 0.15) is 5.69 Å². The number of benzene rings is 3. The van der Waals surface area contributed by atoms with Crippen molar-refractivity contribution in [3.05, 3.63) is 76.8 Å². The second-order valence-electron chi connectivity index (χ2n) is 5.12. The normalized spacial score (nSPS) is 10.5. The van der Waals surface area contributed by atoms with Crippen LogP contribution in [0.4, 0.5) is 11.4 Å². The van der Waals surface area contributed by atoms with Gasteiger partial charge in [-0.2, -0.15) is 0 Å². The summed E-state index contributed by atoms with van der Waals surface area (Å²) in [6, 6.07) is 20.1. The number of nitro groups is 1. The van der Waals surface area contributed by atoms with Gasteiger partial charge in [0.05, 0.1) is 10.7 Å². The van der Waals surface area contributed by atoms with Gasteiger partial charge in [0.2, 0.25) is 5.91 Å². The molecule has 0 aliphatic heterocycles. The van der Waals surface area contributed by atoms with Crippen LogP contribution in [0.15, 0.2) is 71.6 Å². The van der Waals surface area contributed by atoms with E-state index in [-0.39, 0.29) is 23.0 Å². The Bertz CT molecular complexity index is 911. The number of para-hydroxylation sites is 2. The third kappa shape index (κ3) is 3.72. The molecule has 0 aliphatic carbocycles. The molecular formula is C18H14N2O3S. The molecule has 0 radical (unpaired) electrons. The zero-order valence-corrected chi connectivity index (χ0v) is 13.5. The third-order valence-electron chi connectivity index (χ3n) is 3.47. The fourth-order valence-electron chi connectivity index (χ4n) is 2.33. The highest BCUT2D eigenvalue weighted by molar-refractivity contribution is 8.00. The number of nitro benzene ring substituents is 1. The molecule has 120 valence electrons. The summed E-state index contributed by atoms with van der Waals surface area (Å²) in [6.45, 7) is 0. The van der Waals surface area contributed by atoms with Crippen molar-refractivity contribution in [3.63, 3.8) is 0 Å². The maximum absolute atomic E-state index is 12.1. The predicted molar refractivity (Wildman–Crippen MR) is 96.4 cm³/mol. The largest absolute Gasteiger partial charge is 0.320 e. The topological polar surface area (TPSA) is 72.2 Å². The van der Waals surface area contributed by atoms with Crippen LogP contribution >= 0.6 is 11.8 Å². The van der Waals surface area contributed by atoms with Crippen LogP contribution in [0.5, 0.6) is 0 Å². The first-order valence-electron chi connectivity index (χ1n) is 7.28. The molecule has 0 aromatic heterocycles. The van der Waals surface area contributed by atoms with E-state index < -0.39 is 4.92 Å². The fraction of sp³-hybridized carbons (Fsp3) is 0.0556. The highest BCUT2D eigenvalue weighted by Crippen LogP contribution is 2.26. The smallest absolute Gasteiger partial charge is 0.292 e. The number of carbonyl (C=O) groups excluding carboxylic acids is 1. The molecule has 0 saturated heterocycles. The van der Waals surface area contributed by atoms with Crippen LogP contribution in [0.2, 0.25) is 0 Å². The average molecular weight is 338 g/mol. The Kier molecular flexibility index (Phi) is 4.77. The summed E-state index contributed by atoms with van der Waals surface area (Å²) in [5.41, 5.74) is 0.105. The molecule has 0 atom stereocenters. The maximum atomic E-state index is 12.1. The van der Waals surface area contributed by atoms with Gasteiger partial charge in [0.25, 0.3) is 5.69 Å². The lowest BCUT2D eigenvalue weighted by atomic mass is 10.1. The van der Waals surface area contributed by atoms with Gasteiger partial charge in [-0.15, -0.1) is 11.8 Å². The number of hydrogen-bond donors (Lipinski definition) is 1. The van der Waals surface area contributed by atoms with E-state index in [4.69, 9.17) is 0 Å². The molecule has 0 fully saturated rings. The monoisotopic (exact) mass is 338 g/mol. The van der Waals surface area contributed by atoms with Crippen molar-refractivity contribution < 1.29 is 9.72 Å². The fourth-order valence-corrected chi connectivity index (χ4v) is 3.08. The Morgan fingerprint density at radius 1 is 1.00 bits per heavy atom. The molecule has 1 N–H and O–H groups in total. The second-order valence-corrected chi connectivity index (χ2v) is 6.17. The second kappa shape index (κ2) is 7.14. The van der Waals surface area contributed by atoms with Crippen LogP contribution in [-0.2, 0) is 4.79 Å². The Morgan fingerprint density at radius 3 is 2.50 bits per heavy atom. The predicted octanol–water partition coefficient (Wildman–Crippen LogP) is 4.48. The zero-order valence-electron chi connectivity index (χ0n) is 12.6. The highest BCUT2D eigenvalue weighted by Gasteiger charge is 2.14. The number of nitrogens with zero attached hydrogens (tertiary/aromatic N) is 1. The number of anilines is 1. The molecule has 0 heterocycles. The molecule has 3 aromatic carbocycles. The number of rotatable bonds is 5. The number of amides is 1. The molecule has 0 aliphatic rings. The average Bonchev–Trinajstić information content (AvgIpc) is 2.60. The summed E-state index contributed by atoms with van der Waals surface area (Å²) in [5.74, 6) is -0.0906. The van der Waals surface area contributed by atoms with E-state index in [1.807, 2.05) is 42.5 Å². The number of carbonyl (C=O) groups is 1. The summed E-state index contributed by atoms with van der Waals surface area (Å²) in [4.78, 5) is 23.5. The highest BCUT2D eigenvalue weighted by atomic mass is 32.2. The Labute approximate surface area is 142 Å². The van der Waals surface area contributed by atoms with Crippen LogP contribution in [-0.4, -0.2) is 16.6 Å². The lowest BCUT2D eigenvalue weighted by Gasteiger charge is -2.06. The first-order chi connectivity index (χ1) is 11.6.